The summed E-state index contributed by atoms with van der Waals surface area (Å²) >= 11 is 1.27. The van der Waals surface area contributed by atoms with Gasteiger partial charge >= 0.3 is 0 Å². The smallest absolute Gasteiger partial charge is 0.257 e. The molecule has 168 valence electrons. The van der Waals surface area contributed by atoms with Gasteiger partial charge in [0.15, 0.2) is 5.58 Å². The van der Waals surface area contributed by atoms with Crippen LogP contribution in [0.15, 0.2) is 58.2 Å². The van der Waals surface area contributed by atoms with Crippen LogP contribution in [0.2, 0.25) is 0 Å². The number of hydrogen-bond donors (Lipinski definition) is 1. The summed E-state index contributed by atoms with van der Waals surface area (Å²) in [7, 11) is 0. The maximum Gasteiger partial charge on any atom is 0.257 e. The Bertz CT molecular complexity index is 1060. The van der Waals surface area contributed by atoms with Gasteiger partial charge in [0.2, 0.25) is 11.8 Å². The first-order chi connectivity index (χ1) is 15.3. The van der Waals surface area contributed by atoms with Crippen molar-refractivity contribution >= 4 is 46.1 Å². The molecule has 1 N–H and O–H groups in total. The molecular formula is C24H28N4O3S. The summed E-state index contributed by atoms with van der Waals surface area (Å²) in [4.78, 5) is 33.4. The van der Waals surface area contributed by atoms with Crippen molar-refractivity contribution in [3.63, 3.8) is 0 Å². The lowest BCUT2D eigenvalue weighted by molar-refractivity contribution is -0.139. The second-order valence-electron chi connectivity index (χ2n) is 8.86. The van der Waals surface area contributed by atoms with Crippen molar-refractivity contribution in [2.24, 2.45) is 5.41 Å². The molecule has 2 amide bonds. The van der Waals surface area contributed by atoms with Crippen molar-refractivity contribution in [1.82, 2.24) is 9.88 Å². The standard InChI is InChI=1S/C24H28N4O3S/c1-24(2,3)22(30)28-14-12-27(13-15-28)18-10-8-17(9-11-18)25-21(29)16-32-23-26-19-6-4-5-7-20(19)31-23/h4-11H,12-16H2,1-3H3,(H,25,29). The first kappa shape index (κ1) is 22.2. The van der Waals surface area contributed by atoms with Crippen LogP contribution in [0.4, 0.5) is 11.4 Å². The van der Waals surface area contributed by atoms with Gasteiger partial charge in [0, 0.05) is 43.0 Å². The molecule has 3 aromatic rings. The molecule has 0 radical (unpaired) electrons. The van der Waals surface area contributed by atoms with Gasteiger partial charge < -0.3 is 19.5 Å². The Balaban J connectivity index is 1.26. The van der Waals surface area contributed by atoms with Gasteiger partial charge in [-0.2, -0.15) is 0 Å². The number of carbonyl (C=O) groups excluding carboxylic acids is 2. The number of rotatable bonds is 5. The molecule has 0 aliphatic carbocycles. The van der Waals surface area contributed by atoms with E-state index in [-0.39, 0.29) is 23.0 Å². The number of aromatic nitrogens is 1. The predicted molar refractivity (Wildman–Crippen MR) is 128 cm³/mol. The second kappa shape index (κ2) is 9.24. The maximum atomic E-state index is 12.5. The van der Waals surface area contributed by atoms with Crippen molar-refractivity contribution in [3.05, 3.63) is 48.5 Å². The minimum atomic E-state index is -0.346. The summed E-state index contributed by atoms with van der Waals surface area (Å²) in [5.41, 5.74) is 3.00. The van der Waals surface area contributed by atoms with E-state index in [1.807, 2.05) is 74.2 Å². The fraction of sp³-hybridized carbons (Fsp3) is 0.375. The van der Waals surface area contributed by atoms with Crippen LogP contribution in [0.3, 0.4) is 0 Å². The zero-order valence-corrected chi connectivity index (χ0v) is 19.4. The third-order valence-electron chi connectivity index (χ3n) is 5.33. The summed E-state index contributed by atoms with van der Waals surface area (Å²) in [6.45, 7) is 8.92. The van der Waals surface area contributed by atoms with E-state index in [0.29, 0.717) is 5.22 Å². The summed E-state index contributed by atoms with van der Waals surface area (Å²) in [5, 5.41) is 3.40. The predicted octanol–water partition coefficient (Wildman–Crippen LogP) is 4.25. The number of carbonyl (C=O) groups is 2. The minimum Gasteiger partial charge on any atom is -0.431 e. The van der Waals surface area contributed by atoms with Gasteiger partial charge in [0.25, 0.3) is 5.22 Å². The number of oxazole rings is 1. The molecule has 2 aromatic carbocycles. The van der Waals surface area contributed by atoms with Gasteiger partial charge in [-0.3, -0.25) is 9.59 Å². The largest absolute Gasteiger partial charge is 0.431 e. The normalized spacial score (nSPS) is 14.6. The lowest BCUT2D eigenvalue weighted by Crippen LogP contribution is -2.51. The topological polar surface area (TPSA) is 78.7 Å². The van der Waals surface area contributed by atoms with E-state index in [0.717, 1.165) is 48.7 Å². The fourth-order valence-corrected chi connectivity index (χ4v) is 4.27. The molecule has 1 saturated heterocycles. The van der Waals surface area contributed by atoms with E-state index in [2.05, 4.69) is 15.2 Å². The number of anilines is 2. The Labute approximate surface area is 192 Å². The highest BCUT2D eigenvalue weighted by molar-refractivity contribution is 7.99. The van der Waals surface area contributed by atoms with Crippen LogP contribution in [0.5, 0.6) is 0 Å². The van der Waals surface area contributed by atoms with Gasteiger partial charge in [0.05, 0.1) is 5.75 Å². The molecule has 2 heterocycles. The number of nitrogens with one attached hydrogen (secondary N) is 1. The first-order valence-electron chi connectivity index (χ1n) is 10.7. The van der Waals surface area contributed by atoms with Crippen LogP contribution in [0, 0.1) is 5.41 Å². The Morgan fingerprint density at radius 2 is 1.72 bits per heavy atom. The monoisotopic (exact) mass is 452 g/mol. The third-order valence-corrected chi connectivity index (χ3v) is 6.15. The molecule has 8 heteroatoms. The van der Waals surface area contributed by atoms with Crippen molar-refractivity contribution in [2.75, 3.05) is 42.1 Å². The molecule has 0 bridgehead atoms. The second-order valence-corrected chi connectivity index (χ2v) is 9.79. The van der Waals surface area contributed by atoms with Gasteiger partial charge in [-0.1, -0.05) is 44.7 Å². The van der Waals surface area contributed by atoms with E-state index in [9.17, 15) is 9.59 Å². The zero-order valence-electron chi connectivity index (χ0n) is 18.6. The van der Waals surface area contributed by atoms with E-state index in [4.69, 9.17) is 4.42 Å². The van der Waals surface area contributed by atoms with Crippen molar-refractivity contribution in [3.8, 4) is 0 Å². The average Bonchev–Trinajstić information content (AvgIpc) is 3.20. The molecule has 0 saturated carbocycles. The SMILES string of the molecule is CC(C)(C)C(=O)N1CCN(c2ccc(NC(=O)CSc3nc4ccccc4o3)cc2)CC1. The molecule has 0 atom stereocenters. The summed E-state index contributed by atoms with van der Waals surface area (Å²) in [6.07, 6.45) is 0. The van der Waals surface area contributed by atoms with Crippen LogP contribution >= 0.6 is 11.8 Å². The van der Waals surface area contributed by atoms with E-state index in [1.54, 1.807) is 0 Å². The highest BCUT2D eigenvalue weighted by Crippen LogP contribution is 2.25. The highest BCUT2D eigenvalue weighted by atomic mass is 32.2. The number of hydrogen-bond acceptors (Lipinski definition) is 6. The zero-order chi connectivity index (χ0) is 22.7. The van der Waals surface area contributed by atoms with E-state index in [1.165, 1.54) is 11.8 Å². The summed E-state index contributed by atoms with van der Waals surface area (Å²) in [6, 6.07) is 15.4. The van der Waals surface area contributed by atoms with Crippen LogP contribution in [0.1, 0.15) is 20.8 Å². The minimum absolute atomic E-state index is 0.112. The number of para-hydroxylation sites is 2. The molecule has 7 nitrogen and oxygen atoms in total. The van der Waals surface area contributed by atoms with E-state index >= 15 is 0 Å². The number of benzene rings is 2. The number of fused-ring (bicyclic) bond motifs is 1. The first-order valence-corrected chi connectivity index (χ1v) is 11.7. The molecule has 1 aromatic heterocycles. The molecule has 32 heavy (non-hydrogen) atoms. The molecule has 1 aliphatic rings. The summed E-state index contributed by atoms with van der Waals surface area (Å²) < 4.78 is 5.63. The Hall–Kier alpha value is -3.00. The van der Waals surface area contributed by atoms with Gasteiger partial charge in [-0.25, -0.2) is 4.98 Å². The molecule has 1 fully saturated rings. The van der Waals surface area contributed by atoms with Gasteiger partial charge in [-0.05, 0) is 36.4 Å². The molecule has 0 spiro atoms. The molecular weight excluding hydrogens is 424 g/mol. The number of thioether (sulfide) groups is 1. The van der Waals surface area contributed by atoms with Crippen molar-refractivity contribution in [1.29, 1.82) is 0 Å². The van der Waals surface area contributed by atoms with Crippen LogP contribution < -0.4 is 10.2 Å². The fourth-order valence-electron chi connectivity index (χ4n) is 3.63. The highest BCUT2D eigenvalue weighted by Gasteiger charge is 2.29. The maximum absolute atomic E-state index is 12.5. The molecule has 0 unspecified atom stereocenters. The lowest BCUT2D eigenvalue weighted by Gasteiger charge is -2.38. The Morgan fingerprint density at radius 1 is 1.03 bits per heavy atom. The summed E-state index contributed by atoms with van der Waals surface area (Å²) in [5.74, 6) is 0.309. The van der Waals surface area contributed by atoms with Crippen LogP contribution in [0.25, 0.3) is 11.1 Å². The molecule has 1 aliphatic heterocycles. The van der Waals surface area contributed by atoms with Gasteiger partial charge in [-0.15, -0.1) is 0 Å². The number of piperazine rings is 1. The average molecular weight is 453 g/mol. The van der Waals surface area contributed by atoms with E-state index < -0.39 is 0 Å². The third kappa shape index (κ3) is 5.24. The van der Waals surface area contributed by atoms with Crippen molar-refractivity contribution < 1.29 is 14.0 Å². The quantitative estimate of drug-likeness (QED) is 0.583. The Kier molecular flexibility index (Phi) is 6.41. The number of amides is 2. The van der Waals surface area contributed by atoms with Crippen LogP contribution in [-0.4, -0.2) is 53.6 Å². The van der Waals surface area contributed by atoms with Crippen LogP contribution in [-0.2, 0) is 9.59 Å². The lowest BCUT2D eigenvalue weighted by atomic mass is 9.94. The van der Waals surface area contributed by atoms with Crippen molar-refractivity contribution in [2.45, 2.75) is 26.0 Å². The number of nitrogens with zero attached hydrogens (tertiary/aromatic N) is 3. The Morgan fingerprint density at radius 3 is 2.38 bits per heavy atom. The van der Waals surface area contributed by atoms with Gasteiger partial charge in [0.1, 0.15) is 5.52 Å². The molecule has 4 rings (SSSR count).